The van der Waals surface area contributed by atoms with Crippen molar-refractivity contribution in [2.24, 2.45) is 0 Å². The summed E-state index contributed by atoms with van der Waals surface area (Å²) in [6.07, 6.45) is 0. The second-order valence-corrected chi connectivity index (χ2v) is 3.01. The summed E-state index contributed by atoms with van der Waals surface area (Å²) in [6.45, 7) is 1.88. The predicted molar refractivity (Wildman–Crippen MR) is 55.6 cm³/mol. The molecule has 0 heterocycles. The van der Waals surface area contributed by atoms with Crippen molar-refractivity contribution in [2.75, 3.05) is 21.3 Å². The molecule has 0 amide bonds. The van der Waals surface area contributed by atoms with Gasteiger partial charge in [0.15, 0.2) is 0 Å². The Balaban J connectivity index is 3.28. The van der Waals surface area contributed by atoms with Crippen LogP contribution in [-0.2, 0) is 4.74 Å². The maximum atomic E-state index is 11.4. The van der Waals surface area contributed by atoms with E-state index in [9.17, 15) is 4.79 Å². The highest BCUT2D eigenvalue weighted by molar-refractivity contribution is 5.93. The lowest BCUT2D eigenvalue weighted by Gasteiger charge is -2.11. The lowest BCUT2D eigenvalue weighted by atomic mass is 10.1. The Hall–Kier alpha value is -1.71. The van der Waals surface area contributed by atoms with Crippen LogP contribution < -0.4 is 9.47 Å². The molecule has 1 aromatic rings. The first kappa shape index (κ1) is 11.4. The Kier molecular flexibility index (Phi) is 3.55. The first-order chi connectivity index (χ1) is 7.13. The van der Waals surface area contributed by atoms with E-state index in [0.29, 0.717) is 17.1 Å². The largest absolute Gasteiger partial charge is 0.496 e. The molecule has 4 heteroatoms. The Labute approximate surface area is 88.8 Å². The molecule has 0 saturated heterocycles. The van der Waals surface area contributed by atoms with Crippen LogP contribution in [0.25, 0.3) is 0 Å². The van der Waals surface area contributed by atoms with Crippen LogP contribution in [0.1, 0.15) is 15.9 Å². The molecule has 0 atom stereocenters. The Morgan fingerprint density at radius 1 is 1.07 bits per heavy atom. The predicted octanol–water partition coefficient (Wildman–Crippen LogP) is 1.80. The van der Waals surface area contributed by atoms with Crippen LogP contribution in [0.15, 0.2) is 12.1 Å². The normalized spacial score (nSPS) is 9.60. The summed E-state index contributed by atoms with van der Waals surface area (Å²) in [6, 6.07) is 3.35. The summed E-state index contributed by atoms with van der Waals surface area (Å²) in [4.78, 5) is 11.4. The molecular formula is C11H14O4. The Bertz CT molecular complexity index is 371. The molecule has 4 nitrogen and oxygen atoms in total. The van der Waals surface area contributed by atoms with E-state index >= 15 is 0 Å². The van der Waals surface area contributed by atoms with Crippen LogP contribution in [-0.4, -0.2) is 27.3 Å². The van der Waals surface area contributed by atoms with Gasteiger partial charge < -0.3 is 14.2 Å². The van der Waals surface area contributed by atoms with Gasteiger partial charge in [0.1, 0.15) is 17.1 Å². The topological polar surface area (TPSA) is 44.8 Å². The number of carbonyl (C=O) groups is 1. The van der Waals surface area contributed by atoms with Gasteiger partial charge in [0.2, 0.25) is 0 Å². The third-order valence-electron chi connectivity index (χ3n) is 2.12. The molecule has 15 heavy (non-hydrogen) atoms. The minimum absolute atomic E-state index is 0.363. The fourth-order valence-electron chi connectivity index (χ4n) is 1.32. The third-order valence-corrected chi connectivity index (χ3v) is 2.12. The van der Waals surface area contributed by atoms with Crippen LogP contribution in [0.4, 0.5) is 0 Å². The summed E-state index contributed by atoms with van der Waals surface area (Å²) in [5, 5.41) is 0. The van der Waals surface area contributed by atoms with Crippen molar-refractivity contribution in [3.8, 4) is 11.5 Å². The third kappa shape index (κ3) is 2.21. The number of hydrogen-bond donors (Lipinski definition) is 0. The number of hydrogen-bond acceptors (Lipinski definition) is 4. The summed E-state index contributed by atoms with van der Waals surface area (Å²) in [5.74, 6) is 0.682. The molecule has 0 bridgehead atoms. The smallest absolute Gasteiger partial charge is 0.341 e. The maximum Gasteiger partial charge on any atom is 0.341 e. The Morgan fingerprint density at radius 2 is 1.67 bits per heavy atom. The van der Waals surface area contributed by atoms with Crippen LogP contribution in [0.5, 0.6) is 11.5 Å². The van der Waals surface area contributed by atoms with Crippen molar-refractivity contribution in [3.63, 3.8) is 0 Å². The molecule has 0 fully saturated rings. The molecule has 0 radical (unpaired) electrons. The van der Waals surface area contributed by atoms with Crippen molar-refractivity contribution in [2.45, 2.75) is 6.92 Å². The zero-order chi connectivity index (χ0) is 11.4. The average molecular weight is 210 g/mol. The molecular weight excluding hydrogens is 196 g/mol. The summed E-state index contributed by atoms with van der Waals surface area (Å²) in [5.41, 5.74) is 1.27. The standard InChI is InChI=1S/C11H14O4/c1-7-5-10(14-3)8(11(12)15-4)6-9(7)13-2/h5-6H,1-4H3. The lowest BCUT2D eigenvalue weighted by Crippen LogP contribution is -2.05. The molecule has 0 saturated carbocycles. The van der Waals surface area contributed by atoms with E-state index in [-0.39, 0.29) is 0 Å². The molecule has 0 N–H and O–H groups in total. The average Bonchev–Trinajstić information content (AvgIpc) is 2.27. The number of carbonyl (C=O) groups excluding carboxylic acids is 1. The minimum Gasteiger partial charge on any atom is -0.496 e. The molecule has 1 aromatic carbocycles. The van der Waals surface area contributed by atoms with E-state index in [1.807, 2.05) is 6.92 Å². The number of benzene rings is 1. The molecule has 0 spiro atoms. The maximum absolute atomic E-state index is 11.4. The molecule has 0 unspecified atom stereocenters. The van der Waals surface area contributed by atoms with Crippen molar-refractivity contribution in [3.05, 3.63) is 23.3 Å². The summed E-state index contributed by atoms with van der Waals surface area (Å²) >= 11 is 0. The fraction of sp³-hybridized carbons (Fsp3) is 0.364. The number of aryl methyl sites for hydroxylation is 1. The van der Waals surface area contributed by atoms with Crippen LogP contribution in [0.2, 0.25) is 0 Å². The quantitative estimate of drug-likeness (QED) is 0.713. The van der Waals surface area contributed by atoms with E-state index in [1.54, 1.807) is 19.2 Å². The van der Waals surface area contributed by atoms with Crippen molar-refractivity contribution in [1.82, 2.24) is 0 Å². The number of ether oxygens (including phenoxy) is 3. The van der Waals surface area contributed by atoms with Gasteiger partial charge in [-0.2, -0.15) is 0 Å². The molecule has 0 aliphatic rings. The highest BCUT2D eigenvalue weighted by Gasteiger charge is 2.15. The van der Waals surface area contributed by atoms with Gasteiger partial charge in [-0.3, -0.25) is 0 Å². The van der Waals surface area contributed by atoms with Gasteiger partial charge in [-0.05, 0) is 24.6 Å². The molecule has 82 valence electrons. The van der Waals surface area contributed by atoms with Gasteiger partial charge in [0, 0.05) is 0 Å². The lowest BCUT2D eigenvalue weighted by molar-refractivity contribution is 0.0596. The number of rotatable bonds is 3. The van der Waals surface area contributed by atoms with Crippen LogP contribution in [0, 0.1) is 6.92 Å². The number of esters is 1. The van der Waals surface area contributed by atoms with E-state index in [4.69, 9.17) is 9.47 Å². The molecule has 0 aliphatic carbocycles. The van der Waals surface area contributed by atoms with Crippen molar-refractivity contribution in [1.29, 1.82) is 0 Å². The zero-order valence-corrected chi connectivity index (χ0v) is 9.29. The Morgan fingerprint density at radius 3 is 2.13 bits per heavy atom. The van der Waals surface area contributed by atoms with Gasteiger partial charge in [-0.1, -0.05) is 0 Å². The van der Waals surface area contributed by atoms with Gasteiger partial charge in [-0.25, -0.2) is 4.79 Å². The van der Waals surface area contributed by atoms with Crippen LogP contribution in [0.3, 0.4) is 0 Å². The summed E-state index contributed by atoms with van der Waals surface area (Å²) in [7, 11) is 4.39. The van der Waals surface area contributed by atoms with E-state index < -0.39 is 5.97 Å². The molecule has 1 rings (SSSR count). The van der Waals surface area contributed by atoms with E-state index in [1.165, 1.54) is 14.2 Å². The second kappa shape index (κ2) is 4.68. The van der Waals surface area contributed by atoms with Crippen molar-refractivity contribution >= 4 is 5.97 Å². The first-order valence-corrected chi connectivity index (χ1v) is 4.45. The van der Waals surface area contributed by atoms with Gasteiger partial charge in [0.05, 0.1) is 21.3 Å². The molecule has 0 aromatic heterocycles. The van der Waals surface area contributed by atoms with Gasteiger partial charge >= 0.3 is 5.97 Å². The first-order valence-electron chi connectivity index (χ1n) is 4.45. The SMILES string of the molecule is COC(=O)c1cc(OC)c(C)cc1OC. The summed E-state index contributed by atoms with van der Waals surface area (Å²) < 4.78 is 14.9. The van der Waals surface area contributed by atoms with E-state index in [0.717, 1.165) is 5.56 Å². The van der Waals surface area contributed by atoms with Gasteiger partial charge in [-0.15, -0.1) is 0 Å². The van der Waals surface area contributed by atoms with E-state index in [2.05, 4.69) is 4.74 Å². The van der Waals surface area contributed by atoms with Gasteiger partial charge in [0.25, 0.3) is 0 Å². The van der Waals surface area contributed by atoms with Crippen molar-refractivity contribution < 1.29 is 19.0 Å². The second-order valence-electron chi connectivity index (χ2n) is 3.01. The highest BCUT2D eigenvalue weighted by Crippen LogP contribution is 2.28. The molecule has 0 aliphatic heterocycles. The fourth-order valence-corrected chi connectivity index (χ4v) is 1.32. The highest BCUT2D eigenvalue weighted by atomic mass is 16.5. The minimum atomic E-state index is -0.440. The number of methoxy groups -OCH3 is 3. The zero-order valence-electron chi connectivity index (χ0n) is 9.29. The van der Waals surface area contributed by atoms with Crippen LogP contribution >= 0.6 is 0 Å². The monoisotopic (exact) mass is 210 g/mol.